The third kappa shape index (κ3) is 3.11. The molecular formula is C13H17N3O4. The summed E-state index contributed by atoms with van der Waals surface area (Å²) in [5.41, 5.74) is 5.87. The van der Waals surface area contributed by atoms with Gasteiger partial charge >= 0.3 is 0 Å². The summed E-state index contributed by atoms with van der Waals surface area (Å²) >= 11 is 0. The number of hydrogen-bond donors (Lipinski definition) is 1. The molecule has 7 nitrogen and oxygen atoms in total. The summed E-state index contributed by atoms with van der Waals surface area (Å²) in [6, 6.07) is 3.77. The largest absolute Gasteiger partial charge is 0.325 e. The number of hydrogen-bond acceptors (Lipinski definition) is 5. The predicted molar refractivity (Wildman–Crippen MR) is 73.5 cm³/mol. The van der Waals surface area contributed by atoms with Gasteiger partial charge in [0.15, 0.2) is 0 Å². The maximum absolute atomic E-state index is 11.1. The lowest BCUT2D eigenvalue weighted by Gasteiger charge is -2.33. The highest BCUT2D eigenvalue weighted by Gasteiger charge is 2.31. The second-order valence-electron chi connectivity index (χ2n) is 5.43. The number of rotatable bonds is 4. The van der Waals surface area contributed by atoms with Gasteiger partial charge in [-0.25, -0.2) is 0 Å². The van der Waals surface area contributed by atoms with Gasteiger partial charge in [0.2, 0.25) is 0 Å². The molecule has 1 aromatic rings. The second kappa shape index (κ2) is 5.54. The molecule has 0 aromatic heterocycles. The van der Waals surface area contributed by atoms with Crippen LogP contribution in [-0.4, -0.2) is 15.4 Å². The minimum Gasteiger partial charge on any atom is -0.325 e. The molecule has 1 aliphatic carbocycles. The van der Waals surface area contributed by atoms with E-state index >= 15 is 0 Å². The normalized spacial score (nSPS) is 17.6. The third-order valence-corrected chi connectivity index (χ3v) is 3.87. The first-order valence-corrected chi connectivity index (χ1v) is 6.62. The van der Waals surface area contributed by atoms with Gasteiger partial charge < -0.3 is 5.73 Å². The van der Waals surface area contributed by atoms with E-state index in [9.17, 15) is 20.2 Å². The van der Waals surface area contributed by atoms with E-state index in [0.717, 1.165) is 38.2 Å². The molecule has 20 heavy (non-hydrogen) atoms. The molecule has 0 saturated heterocycles. The van der Waals surface area contributed by atoms with Crippen LogP contribution in [0.5, 0.6) is 0 Å². The van der Waals surface area contributed by atoms with Crippen LogP contribution in [0.2, 0.25) is 0 Å². The fourth-order valence-electron chi connectivity index (χ4n) is 2.80. The molecule has 0 spiro atoms. The van der Waals surface area contributed by atoms with E-state index in [-0.39, 0.29) is 11.4 Å². The molecular weight excluding hydrogens is 262 g/mol. The Morgan fingerprint density at radius 1 is 1.10 bits per heavy atom. The first-order valence-electron chi connectivity index (χ1n) is 6.62. The molecule has 2 rings (SSSR count). The van der Waals surface area contributed by atoms with Crippen molar-refractivity contribution in [1.82, 2.24) is 0 Å². The zero-order valence-corrected chi connectivity index (χ0v) is 11.1. The fourth-order valence-corrected chi connectivity index (χ4v) is 2.80. The van der Waals surface area contributed by atoms with Crippen LogP contribution >= 0.6 is 0 Å². The highest BCUT2D eigenvalue weighted by atomic mass is 16.6. The molecule has 0 heterocycles. The topological polar surface area (TPSA) is 112 Å². The second-order valence-corrected chi connectivity index (χ2v) is 5.43. The van der Waals surface area contributed by atoms with Crippen LogP contribution in [0.1, 0.15) is 37.7 Å². The monoisotopic (exact) mass is 279 g/mol. The van der Waals surface area contributed by atoms with E-state index in [1.807, 2.05) is 0 Å². The summed E-state index contributed by atoms with van der Waals surface area (Å²) in [6.45, 7) is 0. The van der Waals surface area contributed by atoms with E-state index in [4.69, 9.17) is 5.73 Å². The van der Waals surface area contributed by atoms with Gasteiger partial charge in [-0.3, -0.25) is 20.2 Å². The number of nitrogens with two attached hydrogens (primary N) is 1. The maximum Gasteiger partial charge on any atom is 0.279 e. The lowest BCUT2D eigenvalue weighted by Crippen LogP contribution is -2.43. The first kappa shape index (κ1) is 14.4. The first-order chi connectivity index (χ1) is 9.41. The molecule has 0 atom stereocenters. The van der Waals surface area contributed by atoms with E-state index in [1.165, 1.54) is 12.1 Å². The Labute approximate surface area is 116 Å². The molecule has 1 fully saturated rings. The zero-order valence-electron chi connectivity index (χ0n) is 11.1. The molecule has 0 amide bonds. The van der Waals surface area contributed by atoms with Crippen molar-refractivity contribution in [1.29, 1.82) is 0 Å². The summed E-state index contributed by atoms with van der Waals surface area (Å²) in [5.74, 6) is 0. The van der Waals surface area contributed by atoms with Crippen molar-refractivity contribution in [3.05, 3.63) is 44.0 Å². The standard InChI is InChI=1S/C13H17N3O4/c14-13(6-2-1-3-7-13)9-10-4-5-11(15(17)18)8-12(10)16(19)20/h4-5,8H,1-3,6-7,9,14H2. The molecule has 0 unspecified atom stereocenters. The Bertz CT molecular complexity index is 538. The number of nitrogens with zero attached hydrogens (tertiary/aromatic N) is 2. The van der Waals surface area contributed by atoms with E-state index in [1.54, 1.807) is 0 Å². The van der Waals surface area contributed by atoms with Crippen molar-refractivity contribution in [3.8, 4) is 0 Å². The quantitative estimate of drug-likeness (QED) is 0.672. The molecule has 1 aromatic carbocycles. The van der Waals surface area contributed by atoms with Crippen molar-refractivity contribution in [3.63, 3.8) is 0 Å². The number of non-ortho nitro benzene ring substituents is 1. The summed E-state index contributed by atoms with van der Waals surface area (Å²) < 4.78 is 0. The Balaban J connectivity index is 2.31. The lowest BCUT2D eigenvalue weighted by atomic mass is 9.78. The third-order valence-electron chi connectivity index (χ3n) is 3.87. The Morgan fingerprint density at radius 2 is 1.75 bits per heavy atom. The number of nitro benzene ring substituents is 2. The van der Waals surface area contributed by atoms with Gasteiger partial charge in [0.25, 0.3) is 11.4 Å². The van der Waals surface area contributed by atoms with Crippen molar-refractivity contribution in [2.75, 3.05) is 0 Å². The summed E-state index contributed by atoms with van der Waals surface area (Å²) in [5, 5.41) is 21.8. The van der Waals surface area contributed by atoms with Crippen LogP contribution in [0.15, 0.2) is 18.2 Å². The van der Waals surface area contributed by atoms with Gasteiger partial charge in [0, 0.05) is 17.2 Å². The van der Waals surface area contributed by atoms with Gasteiger partial charge in [-0.05, 0) is 25.3 Å². The fraction of sp³-hybridized carbons (Fsp3) is 0.538. The number of benzene rings is 1. The maximum atomic E-state index is 11.1. The SMILES string of the molecule is NC1(Cc2ccc([N+](=O)[O-])cc2[N+](=O)[O-])CCCCC1. The van der Waals surface area contributed by atoms with Crippen LogP contribution in [0, 0.1) is 20.2 Å². The predicted octanol–water partition coefficient (Wildman–Crippen LogP) is 2.71. The van der Waals surface area contributed by atoms with Crippen molar-refractivity contribution in [2.24, 2.45) is 5.73 Å². The van der Waals surface area contributed by atoms with Crippen LogP contribution in [0.25, 0.3) is 0 Å². The van der Waals surface area contributed by atoms with E-state index in [2.05, 4.69) is 0 Å². The van der Waals surface area contributed by atoms with Gasteiger partial charge in [-0.15, -0.1) is 0 Å². The van der Waals surface area contributed by atoms with Crippen molar-refractivity contribution < 1.29 is 9.85 Å². The molecule has 108 valence electrons. The van der Waals surface area contributed by atoms with E-state index in [0.29, 0.717) is 12.0 Å². The molecule has 0 radical (unpaired) electrons. The van der Waals surface area contributed by atoms with Gasteiger partial charge in [0.1, 0.15) is 0 Å². The van der Waals surface area contributed by atoms with Crippen LogP contribution in [-0.2, 0) is 6.42 Å². The summed E-state index contributed by atoms with van der Waals surface area (Å²) in [6.07, 6.45) is 5.25. The summed E-state index contributed by atoms with van der Waals surface area (Å²) in [4.78, 5) is 20.6. The minimum atomic E-state index is -0.629. The smallest absolute Gasteiger partial charge is 0.279 e. The van der Waals surface area contributed by atoms with E-state index < -0.39 is 15.4 Å². The average Bonchev–Trinajstić information content (AvgIpc) is 2.39. The van der Waals surface area contributed by atoms with Gasteiger partial charge in [-0.1, -0.05) is 19.3 Å². The van der Waals surface area contributed by atoms with Crippen LogP contribution in [0.3, 0.4) is 0 Å². The lowest BCUT2D eigenvalue weighted by molar-refractivity contribution is -0.394. The van der Waals surface area contributed by atoms with Gasteiger partial charge in [0.05, 0.1) is 15.9 Å². The highest BCUT2D eigenvalue weighted by Crippen LogP contribution is 2.33. The molecule has 0 aliphatic heterocycles. The Hall–Kier alpha value is -2.02. The zero-order chi connectivity index (χ0) is 14.8. The van der Waals surface area contributed by atoms with Crippen molar-refractivity contribution >= 4 is 11.4 Å². The molecule has 2 N–H and O–H groups in total. The molecule has 0 bridgehead atoms. The minimum absolute atomic E-state index is 0.213. The Kier molecular flexibility index (Phi) is 3.99. The molecule has 1 saturated carbocycles. The molecule has 7 heteroatoms. The van der Waals surface area contributed by atoms with Crippen LogP contribution < -0.4 is 5.73 Å². The van der Waals surface area contributed by atoms with Gasteiger partial charge in [-0.2, -0.15) is 0 Å². The number of nitro groups is 2. The van der Waals surface area contributed by atoms with Crippen LogP contribution in [0.4, 0.5) is 11.4 Å². The molecule has 1 aliphatic rings. The average molecular weight is 279 g/mol. The Morgan fingerprint density at radius 3 is 2.30 bits per heavy atom. The van der Waals surface area contributed by atoms with Crippen molar-refractivity contribution in [2.45, 2.75) is 44.1 Å². The highest BCUT2D eigenvalue weighted by molar-refractivity contribution is 5.49. The summed E-state index contributed by atoms with van der Waals surface area (Å²) in [7, 11) is 0.